The summed E-state index contributed by atoms with van der Waals surface area (Å²) in [5.74, 6) is 0. The summed E-state index contributed by atoms with van der Waals surface area (Å²) in [6.45, 7) is 8.10. The molecule has 0 aliphatic rings. The van der Waals surface area contributed by atoms with Crippen LogP contribution in [0.25, 0.3) is 0 Å². The van der Waals surface area contributed by atoms with Gasteiger partial charge in [-0.1, -0.05) is 0 Å². The van der Waals surface area contributed by atoms with E-state index in [1.165, 1.54) is 0 Å². The van der Waals surface area contributed by atoms with Crippen LogP contribution in [0, 0.1) is 0 Å². The molecule has 98 valence electrons. The lowest BCUT2D eigenvalue weighted by Crippen LogP contribution is -2.21. The molecular formula is C10H21ClO5. The van der Waals surface area contributed by atoms with Gasteiger partial charge in [-0.25, -0.2) is 0 Å². The Labute approximate surface area is 102 Å². The molecule has 0 radical (unpaired) electrons. The molecule has 0 N–H and O–H groups in total. The van der Waals surface area contributed by atoms with Gasteiger partial charge in [-0.3, -0.25) is 4.29 Å². The molecule has 0 amide bonds. The summed E-state index contributed by atoms with van der Waals surface area (Å²) >= 11 is 4.99. The first-order valence-electron chi connectivity index (χ1n) is 5.17. The highest BCUT2D eigenvalue weighted by molar-refractivity contribution is 6.07. The largest absolute Gasteiger partial charge is 0.377 e. The van der Waals surface area contributed by atoms with Crippen molar-refractivity contribution in [3.05, 3.63) is 0 Å². The van der Waals surface area contributed by atoms with E-state index in [1.807, 2.05) is 20.8 Å². The summed E-state index contributed by atoms with van der Waals surface area (Å²) < 4.78 is 25.0. The van der Waals surface area contributed by atoms with E-state index in [0.717, 1.165) is 0 Å². The molecule has 0 rings (SSSR count). The average molecular weight is 257 g/mol. The second kappa shape index (κ2) is 10.3. The van der Waals surface area contributed by atoms with Crippen molar-refractivity contribution in [3.63, 3.8) is 0 Å². The Hall–Kier alpha value is 0.0900. The van der Waals surface area contributed by atoms with Crippen LogP contribution in [-0.4, -0.2) is 45.6 Å². The van der Waals surface area contributed by atoms with Crippen molar-refractivity contribution < 1.29 is 23.2 Å². The Bertz CT molecular complexity index is 149. The average Bonchev–Trinajstić information content (AvgIpc) is 2.19. The molecule has 0 aromatic heterocycles. The summed E-state index contributed by atoms with van der Waals surface area (Å²) in [6.07, 6.45) is 0. The predicted octanol–water partition coefficient (Wildman–Crippen LogP) is 1.94. The van der Waals surface area contributed by atoms with Crippen molar-refractivity contribution in [2.75, 3.05) is 40.0 Å². The third kappa shape index (κ3) is 14.1. The van der Waals surface area contributed by atoms with Crippen molar-refractivity contribution in [1.82, 2.24) is 0 Å². The quantitative estimate of drug-likeness (QED) is 0.442. The molecule has 0 heterocycles. The fourth-order valence-corrected chi connectivity index (χ4v) is 0.744. The molecule has 0 aliphatic carbocycles. The molecule has 0 aliphatic heterocycles. The maximum Gasteiger partial charge on any atom is 0.150 e. The van der Waals surface area contributed by atoms with E-state index in [-0.39, 0.29) is 19.2 Å². The van der Waals surface area contributed by atoms with Gasteiger partial charge in [0.2, 0.25) is 0 Å². The zero-order valence-corrected chi connectivity index (χ0v) is 10.9. The molecule has 0 saturated heterocycles. The van der Waals surface area contributed by atoms with E-state index in [0.29, 0.717) is 26.4 Å². The van der Waals surface area contributed by atoms with Crippen LogP contribution in [-0.2, 0) is 23.2 Å². The van der Waals surface area contributed by atoms with Crippen molar-refractivity contribution in [3.8, 4) is 0 Å². The summed E-state index contributed by atoms with van der Waals surface area (Å²) in [5.41, 5.74) is -0.190. The van der Waals surface area contributed by atoms with Crippen LogP contribution >= 0.6 is 11.9 Å². The van der Waals surface area contributed by atoms with Gasteiger partial charge in [-0.2, -0.15) is 0 Å². The summed E-state index contributed by atoms with van der Waals surface area (Å²) in [6, 6.07) is 0. The van der Waals surface area contributed by atoms with Gasteiger partial charge in [0.05, 0.1) is 43.9 Å². The minimum absolute atomic E-state index is 0.190. The number of hydrogen-bond donors (Lipinski definition) is 0. The summed E-state index contributed by atoms with van der Waals surface area (Å²) in [7, 11) is 0. The lowest BCUT2D eigenvalue weighted by Gasteiger charge is -2.19. The topological polar surface area (TPSA) is 46.2 Å². The monoisotopic (exact) mass is 256 g/mol. The van der Waals surface area contributed by atoms with Crippen LogP contribution in [0.1, 0.15) is 20.8 Å². The van der Waals surface area contributed by atoms with Gasteiger partial charge in [-0.05, 0) is 20.8 Å². The second-order valence-corrected chi connectivity index (χ2v) is 4.25. The fraction of sp³-hybridized carbons (Fsp3) is 1.00. The zero-order chi connectivity index (χ0) is 12.3. The summed E-state index contributed by atoms with van der Waals surface area (Å²) in [4.78, 5) is 0. The Balaban J connectivity index is 2.99. The third-order valence-corrected chi connectivity index (χ3v) is 1.57. The zero-order valence-electron chi connectivity index (χ0n) is 10.2. The van der Waals surface area contributed by atoms with Gasteiger partial charge in [0.25, 0.3) is 0 Å². The normalized spacial score (nSPS) is 12.0. The Kier molecular flexibility index (Phi) is 10.3. The van der Waals surface area contributed by atoms with Crippen molar-refractivity contribution in [2.24, 2.45) is 0 Å². The van der Waals surface area contributed by atoms with Crippen LogP contribution in [0.4, 0.5) is 0 Å². The third-order valence-electron chi connectivity index (χ3n) is 1.42. The van der Waals surface area contributed by atoms with Gasteiger partial charge in [-0.15, -0.1) is 0 Å². The predicted molar refractivity (Wildman–Crippen MR) is 60.2 cm³/mol. The number of hydrogen-bond acceptors (Lipinski definition) is 5. The van der Waals surface area contributed by atoms with Crippen LogP contribution in [0.5, 0.6) is 0 Å². The van der Waals surface area contributed by atoms with Crippen molar-refractivity contribution in [2.45, 2.75) is 26.4 Å². The molecule has 0 saturated carbocycles. The minimum Gasteiger partial charge on any atom is -0.377 e. The number of ether oxygens (including phenoxy) is 4. The Morgan fingerprint density at radius 3 is 2.06 bits per heavy atom. The highest BCUT2D eigenvalue weighted by atomic mass is 35.5. The van der Waals surface area contributed by atoms with Gasteiger partial charge in [0.15, 0.2) is 0 Å². The fourth-order valence-electron chi connectivity index (χ4n) is 0.681. The summed E-state index contributed by atoms with van der Waals surface area (Å²) in [5, 5.41) is 0. The SMILES string of the molecule is CC(C)(C)OCOCOCCOCCOCl. The van der Waals surface area contributed by atoms with Crippen LogP contribution in [0.3, 0.4) is 0 Å². The maximum absolute atomic E-state index is 5.32. The van der Waals surface area contributed by atoms with Gasteiger partial charge in [0, 0.05) is 0 Å². The molecule has 0 aromatic carbocycles. The lowest BCUT2D eigenvalue weighted by atomic mass is 10.2. The Morgan fingerprint density at radius 1 is 0.812 bits per heavy atom. The molecule has 0 atom stereocenters. The van der Waals surface area contributed by atoms with E-state index in [4.69, 9.17) is 30.8 Å². The molecule has 6 heteroatoms. The molecule has 5 nitrogen and oxygen atoms in total. The van der Waals surface area contributed by atoms with E-state index >= 15 is 0 Å². The minimum atomic E-state index is -0.190. The molecule has 16 heavy (non-hydrogen) atoms. The van der Waals surface area contributed by atoms with Crippen molar-refractivity contribution in [1.29, 1.82) is 0 Å². The lowest BCUT2D eigenvalue weighted by molar-refractivity contribution is -0.170. The molecule has 0 spiro atoms. The van der Waals surface area contributed by atoms with Gasteiger partial charge in [0.1, 0.15) is 13.6 Å². The highest BCUT2D eigenvalue weighted by Gasteiger charge is 2.08. The molecular weight excluding hydrogens is 236 g/mol. The first-order valence-corrected chi connectivity index (χ1v) is 5.48. The number of rotatable bonds is 10. The van der Waals surface area contributed by atoms with E-state index < -0.39 is 0 Å². The maximum atomic E-state index is 5.32. The second-order valence-electron chi connectivity index (χ2n) is 4.03. The molecule has 0 fully saturated rings. The number of halogens is 1. The van der Waals surface area contributed by atoms with Crippen LogP contribution < -0.4 is 0 Å². The first-order chi connectivity index (χ1) is 7.56. The Morgan fingerprint density at radius 2 is 1.44 bits per heavy atom. The van der Waals surface area contributed by atoms with Crippen molar-refractivity contribution >= 4 is 11.9 Å². The van der Waals surface area contributed by atoms with Gasteiger partial charge >= 0.3 is 0 Å². The van der Waals surface area contributed by atoms with Crippen LogP contribution in [0.15, 0.2) is 0 Å². The standard InChI is InChI=1S/C10H21ClO5/c1-10(2,3)15-9-14-8-13-5-4-12-6-7-16-11/h4-9H2,1-3H3. The van der Waals surface area contributed by atoms with E-state index in [9.17, 15) is 0 Å². The smallest absolute Gasteiger partial charge is 0.150 e. The van der Waals surface area contributed by atoms with Gasteiger partial charge < -0.3 is 18.9 Å². The molecule has 0 unspecified atom stereocenters. The highest BCUT2D eigenvalue weighted by Crippen LogP contribution is 2.05. The van der Waals surface area contributed by atoms with Crippen LogP contribution in [0.2, 0.25) is 0 Å². The first kappa shape index (κ1) is 16.1. The van der Waals surface area contributed by atoms with E-state index in [2.05, 4.69) is 4.29 Å². The van der Waals surface area contributed by atoms with E-state index in [1.54, 1.807) is 0 Å². The molecule has 0 aromatic rings. The molecule has 0 bridgehead atoms.